The molecule has 1 unspecified atom stereocenters. The van der Waals surface area contributed by atoms with E-state index in [1.54, 1.807) is 50.2 Å². The average Bonchev–Trinajstić information content (AvgIpc) is 3.99. The molecule has 0 aliphatic heterocycles. The third-order valence-corrected chi connectivity index (χ3v) is 15.7. The molecule has 3 aromatic carbocycles. The van der Waals surface area contributed by atoms with Crippen LogP contribution in [0.1, 0.15) is 125 Å². The molecule has 4 amide bonds. The summed E-state index contributed by atoms with van der Waals surface area (Å²) in [5.74, 6) is -3.18. The lowest BCUT2D eigenvalue weighted by atomic mass is 9.91. The first-order chi connectivity index (χ1) is 39.8. The van der Waals surface area contributed by atoms with E-state index >= 15 is 0 Å². The van der Waals surface area contributed by atoms with Crippen LogP contribution in [0.4, 0.5) is 13.2 Å². The molecule has 83 heavy (non-hydrogen) atoms. The molecule has 9 rings (SSSR count). The van der Waals surface area contributed by atoms with Crippen molar-refractivity contribution in [1.82, 2.24) is 41.0 Å². The number of carbonyl (C=O) groups is 4. The van der Waals surface area contributed by atoms with Crippen molar-refractivity contribution < 1.29 is 45.9 Å². The van der Waals surface area contributed by atoms with Crippen molar-refractivity contribution in [1.29, 1.82) is 0 Å². The quantitative estimate of drug-likeness (QED) is 0.0439. The highest BCUT2D eigenvalue weighted by molar-refractivity contribution is 7.17. The maximum absolute atomic E-state index is 13.9. The van der Waals surface area contributed by atoms with Crippen LogP contribution in [0.15, 0.2) is 99.8 Å². The second-order valence-corrected chi connectivity index (χ2v) is 22.5. The Morgan fingerprint density at radius 2 is 1.14 bits per heavy atom. The Morgan fingerprint density at radius 1 is 0.602 bits per heavy atom. The van der Waals surface area contributed by atoms with E-state index in [1.807, 2.05) is 52.0 Å². The Balaban J connectivity index is 0.894. The van der Waals surface area contributed by atoms with E-state index in [1.165, 1.54) is 29.5 Å². The molecule has 0 fully saturated rings. The van der Waals surface area contributed by atoms with Crippen LogP contribution in [0.3, 0.4) is 0 Å². The number of thiophene rings is 2. The van der Waals surface area contributed by atoms with Gasteiger partial charge in [0.2, 0.25) is 23.6 Å². The summed E-state index contributed by atoms with van der Waals surface area (Å²) < 4.78 is 59.4. The minimum Gasteiger partial charge on any atom is -0.494 e. The Bertz CT molecular complexity index is 3870. The third-order valence-electron chi connectivity index (χ3n) is 13.5. The molecule has 0 spiro atoms. The van der Waals surface area contributed by atoms with E-state index in [-0.39, 0.29) is 70.3 Å². The summed E-state index contributed by atoms with van der Waals surface area (Å²) in [6.07, 6.45) is 2.60. The van der Waals surface area contributed by atoms with Crippen molar-refractivity contribution in [2.75, 3.05) is 6.61 Å². The third kappa shape index (κ3) is 13.9. The van der Waals surface area contributed by atoms with Gasteiger partial charge >= 0.3 is 0 Å². The van der Waals surface area contributed by atoms with Gasteiger partial charge in [0.25, 0.3) is 23.6 Å². The zero-order chi connectivity index (χ0) is 59.1. The summed E-state index contributed by atoms with van der Waals surface area (Å²) in [6.45, 7) is 11.7. The molecule has 6 N–H and O–H groups in total. The topological polar surface area (TPSA) is 257 Å². The molecule has 0 aliphatic carbocycles. The van der Waals surface area contributed by atoms with Crippen molar-refractivity contribution in [2.24, 2.45) is 23.3 Å². The van der Waals surface area contributed by atoms with Gasteiger partial charge in [0.15, 0.2) is 11.6 Å². The number of aromatic nitrogens is 6. The largest absolute Gasteiger partial charge is 0.494 e. The van der Waals surface area contributed by atoms with Gasteiger partial charge in [-0.1, -0.05) is 58.0 Å². The molecule has 0 aliphatic rings. The molecule has 9 aromatic rings. The zero-order valence-corrected chi connectivity index (χ0v) is 48.0. The van der Waals surface area contributed by atoms with Crippen LogP contribution in [-0.4, -0.2) is 60.6 Å². The predicted octanol–water partition coefficient (Wildman–Crippen LogP) is 11.3. The molecule has 22 heteroatoms. The molecular formula is C61H59F3N10O7S2. The number of halogens is 3. The number of hydrogen-bond donors (Lipinski definition) is 4. The molecule has 0 saturated carbocycles. The van der Waals surface area contributed by atoms with E-state index in [9.17, 15) is 32.3 Å². The Morgan fingerprint density at radius 3 is 1.67 bits per heavy atom. The first-order valence-corrected chi connectivity index (χ1v) is 28.5. The summed E-state index contributed by atoms with van der Waals surface area (Å²) >= 11 is 2.29. The lowest BCUT2D eigenvalue weighted by molar-refractivity contribution is 0.0947. The van der Waals surface area contributed by atoms with Crippen molar-refractivity contribution in [2.45, 2.75) is 93.2 Å². The molecule has 428 valence electrons. The second-order valence-electron chi connectivity index (χ2n) is 20.4. The molecule has 0 radical (unpaired) electrons. The van der Waals surface area contributed by atoms with Gasteiger partial charge < -0.3 is 35.7 Å². The minimum atomic E-state index is -1.03. The zero-order valence-electron chi connectivity index (χ0n) is 46.3. The van der Waals surface area contributed by atoms with Crippen molar-refractivity contribution in [3.63, 3.8) is 0 Å². The molecule has 0 bridgehead atoms. The normalized spacial score (nSPS) is 11.7. The minimum absolute atomic E-state index is 0.0561. The van der Waals surface area contributed by atoms with Crippen LogP contribution < -0.4 is 26.8 Å². The van der Waals surface area contributed by atoms with E-state index in [2.05, 4.69) is 31.0 Å². The number of carbonyl (C=O) groups excluding carboxylic acids is 4. The van der Waals surface area contributed by atoms with Gasteiger partial charge in [-0.3, -0.25) is 29.1 Å². The molecule has 6 aromatic heterocycles. The number of hydrogen-bond acceptors (Lipinski definition) is 15. The highest BCUT2D eigenvalue weighted by atomic mass is 32.1. The van der Waals surface area contributed by atoms with Crippen molar-refractivity contribution in [3.8, 4) is 49.5 Å². The molecule has 0 saturated heterocycles. The van der Waals surface area contributed by atoms with Crippen LogP contribution in [0.2, 0.25) is 0 Å². The number of nitrogens with two attached hydrogens (primary N) is 2. The molecule has 6 heterocycles. The van der Waals surface area contributed by atoms with E-state index in [0.29, 0.717) is 122 Å². The fourth-order valence-electron chi connectivity index (χ4n) is 9.62. The van der Waals surface area contributed by atoms with Gasteiger partial charge in [-0.05, 0) is 128 Å². The van der Waals surface area contributed by atoms with Crippen molar-refractivity contribution in [3.05, 3.63) is 181 Å². The summed E-state index contributed by atoms with van der Waals surface area (Å²) in [5.41, 5.74) is 18.5. The number of rotatable bonds is 24. The van der Waals surface area contributed by atoms with Gasteiger partial charge in [-0.15, -0.1) is 43.1 Å². The van der Waals surface area contributed by atoms with Gasteiger partial charge in [0.1, 0.15) is 11.6 Å². The smallest absolute Gasteiger partial charge is 0.261 e. The standard InChI is InChI=1S/C61H59F3N10O7S2/c1-7-42-52(60-73-71-33(5)80-60)54(46-19-21-49(82-46)59(78)68-30-37-13-17-40(63)41(64)28-37)51(57(66)76)45(69-42)26-32(4)23-24-79-39-10-8-9-36(27-39)29-67-58(77)48-22-20-47(83-48)55-50(56(65)75)44(25-31(2)3)70-43(53(55)61-74-72-34(6)81-61)18-14-35-11-15-38(62)16-12-35/h8-13,15-17,19-22,27-28,31-32H,7,14,18,23-26,29-30H2,1-6H3,(H2,65,75)(H2,66,76)(H,67,77)(H,68,78). The van der Waals surface area contributed by atoms with Crippen LogP contribution in [-0.2, 0) is 45.2 Å². The monoisotopic (exact) mass is 1160 g/mol. The van der Waals surface area contributed by atoms with Crippen LogP contribution >= 0.6 is 22.7 Å². The SMILES string of the molecule is CCc1nc(CC(C)CCOc2cccc(CNC(=O)c3ccc(-c4c(C(N)=O)c(CC(C)C)nc(CCc5ccc(F)cc5)c4-c4nnc(C)o4)s3)c2)c(C(N)=O)c(-c2ccc(C(=O)NCc3ccc(F)c(F)c3)s2)c1-c1nnc(C)o1. The Labute approximate surface area is 484 Å². The van der Waals surface area contributed by atoms with E-state index in [4.69, 9.17) is 35.0 Å². The first-order valence-electron chi connectivity index (χ1n) is 26.8. The lowest BCUT2D eigenvalue weighted by Gasteiger charge is -2.20. The number of nitrogens with one attached hydrogen (secondary N) is 2. The second kappa shape index (κ2) is 25.9. The van der Waals surface area contributed by atoms with Gasteiger partial charge in [0, 0.05) is 47.8 Å². The predicted molar refractivity (Wildman–Crippen MR) is 308 cm³/mol. The number of ether oxygens (including phenoxy) is 1. The maximum atomic E-state index is 13.9. The Hall–Kier alpha value is -8.89. The highest BCUT2D eigenvalue weighted by Crippen LogP contribution is 2.44. The average molecular weight is 1170 g/mol. The maximum Gasteiger partial charge on any atom is 0.261 e. The number of pyridine rings is 2. The summed E-state index contributed by atoms with van der Waals surface area (Å²) in [5, 5.41) is 22.5. The number of primary amides is 2. The highest BCUT2D eigenvalue weighted by Gasteiger charge is 2.32. The van der Waals surface area contributed by atoms with Crippen LogP contribution in [0.5, 0.6) is 5.75 Å². The number of aryl methyl sites for hydroxylation is 5. The fourth-order valence-corrected chi connectivity index (χ4v) is 11.6. The van der Waals surface area contributed by atoms with Gasteiger partial charge in [-0.25, -0.2) is 13.2 Å². The molecule has 1 atom stereocenters. The summed E-state index contributed by atoms with van der Waals surface area (Å²) in [7, 11) is 0. The number of amides is 4. The van der Waals surface area contributed by atoms with Gasteiger partial charge in [0.05, 0.1) is 61.4 Å². The van der Waals surface area contributed by atoms with Crippen LogP contribution in [0, 0.1) is 43.1 Å². The Kier molecular flexibility index (Phi) is 18.3. The molecular weight excluding hydrogens is 1110 g/mol. The number of benzene rings is 3. The van der Waals surface area contributed by atoms with Crippen molar-refractivity contribution >= 4 is 46.3 Å². The van der Waals surface area contributed by atoms with E-state index < -0.39 is 29.4 Å². The molecule has 17 nitrogen and oxygen atoms in total. The lowest BCUT2D eigenvalue weighted by Crippen LogP contribution is -2.22. The first kappa shape index (κ1) is 58.8. The van der Waals surface area contributed by atoms with Gasteiger partial charge in [-0.2, -0.15) is 0 Å². The van der Waals surface area contributed by atoms with Crippen LogP contribution in [0.25, 0.3) is 43.8 Å². The number of nitrogens with zero attached hydrogens (tertiary/aromatic N) is 6. The fraction of sp³-hybridized carbons (Fsp3) is 0.279. The summed E-state index contributed by atoms with van der Waals surface area (Å²) in [4.78, 5) is 66.2. The van der Waals surface area contributed by atoms with E-state index in [0.717, 1.165) is 34.6 Å². The summed E-state index contributed by atoms with van der Waals surface area (Å²) in [6, 6.07) is 23.7.